The summed E-state index contributed by atoms with van der Waals surface area (Å²) in [5.74, 6) is 0.661. The summed E-state index contributed by atoms with van der Waals surface area (Å²) in [6.45, 7) is 5.41. The molecule has 2 rings (SSSR count). The lowest BCUT2D eigenvalue weighted by Crippen LogP contribution is -2.27. The van der Waals surface area contributed by atoms with Crippen LogP contribution in [0.3, 0.4) is 0 Å². The minimum atomic E-state index is 0.409. The quantitative estimate of drug-likeness (QED) is 0.832. The van der Waals surface area contributed by atoms with Gasteiger partial charge in [0, 0.05) is 31.4 Å². The van der Waals surface area contributed by atoms with Crippen molar-refractivity contribution in [3.8, 4) is 0 Å². The Labute approximate surface area is 122 Å². The maximum Gasteiger partial charge on any atom is 0.0534 e. The summed E-state index contributed by atoms with van der Waals surface area (Å²) in [6, 6.07) is 11.2. The van der Waals surface area contributed by atoms with E-state index < -0.39 is 0 Å². The van der Waals surface area contributed by atoms with Gasteiger partial charge in [-0.3, -0.25) is 4.68 Å². The zero-order chi connectivity index (χ0) is 14.4. The lowest BCUT2D eigenvalue weighted by atomic mass is 9.88. The Balaban J connectivity index is 2.10. The number of rotatable bonds is 7. The monoisotopic (exact) mass is 271 g/mol. The van der Waals surface area contributed by atoms with Crippen molar-refractivity contribution in [2.45, 2.75) is 39.3 Å². The summed E-state index contributed by atoms with van der Waals surface area (Å²) < 4.78 is 1.85. The van der Waals surface area contributed by atoms with E-state index in [1.54, 1.807) is 0 Å². The highest BCUT2D eigenvalue weighted by Crippen LogP contribution is 2.27. The number of hydrogen-bond donors (Lipinski definition) is 1. The van der Waals surface area contributed by atoms with Gasteiger partial charge in [0.05, 0.1) is 6.20 Å². The number of aromatic nitrogens is 2. The highest BCUT2D eigenvalue weighted by molar-refractivity contribution is 5.20. The van der Waals surface area contributed by atoms with Crippen LogP contribution in [0.25, 0.3) is 0 Å². The van der Waals surface area contributed by atoms with Crippen molar-refractivity contribution in [1.29, 1.82) is 0 Å². The smallest absolute Gasteiger partial charge is 0.0534 e. The van der Waals surface area contributed by atoms with Crippen LogP contribution in [0.5, 0.6) is 0 Å². The number of aryl methyl sites for hydroxylation is 1. The van der Waals surface area contributed by atoms with Crippen LogP contribution < -0.4 is 5.32 Å². The highest BCUT2D eigenvalue weighted by Gasteiger charge is 2.19. The first-order valence-corrected chi connectivity index (χ1v) is 7.50. The van der Waals surface area contributed by atoms with Crippen molar-refractivity contribution in [3.05, 3.63) is 53.9 Å². The van der Waals surface area contributed by atoms with Gasteiger partial charge in [0.2, 0.25) is 0 Å². The van der Waals surface area contributed by atoms with Crippen molar-refractivity contribution >= 4 is 0 Å². The molecule has 108 valence electrons. The Hall–Kier alpha value is -1.61. The predicted octanol–water partition coefficient (Wildman–Crippen LogP) is 3.69. The second-order valence-electron chi connectivity index (χ2n) is 5.37. The Morgan fingerprint density at radius 1 is 1.15 bits per heavy atom. The molecule has 20 heavy (non-hydrogen) atoms. The molecule has 0 radical (unpaired) electrons. The number of nitrogens with zero attached hydrogens (tertiary/aromatic N) is 2. The first kappa shape index (κ1) is 14.8. The molecule has 0 aliphatic heterocycles. The molecule has 0 bridgehead atoms. The van der Waals surface area contributed by atoms with Crippen LogP contribution in [0.1, 0.15) is 43.9 Å². The molecule has 0 saturated carbocycles. The van der Waals surface area contributed by atoms with Crippen molar-refractivity contribution < 1.29 is 0 Å². The fourth-order valence-corrected chi connectivity index (χ4v) is 2.77. The summed E-state index contributed by atoms with van der Waals surface area (Å²) >= 11 is 0. The van der Waals surface area contributed by atoms with Crippen molar-refractivity contribution in [1.82, 2.24) is 15.1 Å². The van der Waals surface area contributed by atoms with E-state index in [1.807, 2.05) is 17.9 Å². The van der Waals surface area contributed by atoms with E-state index >= 15 is 0 Å². The molecule has 0 spiro atoms. The average molecular weight is 271 g/mol. The van der Waals surface area contributed by atoms with Crippen LogP contribution in [0, 0.1) is 5.92 Å². The van der Waals surface area contributed by atoms with E-state index in [2.05, 4.69) is 60.8 Å². The molecule has 3 heteroatoms. The van der Waals surface area contributed by atoms with Gasteiger partial charge in [-0.2, -0.15) is 5.10 Å². The summed E-state index contributed by atoms with van der Waals surface area (Å²) in [7, 11) is 1.96. The molecule has 1 unspecified atom stereocenters. The molecular formula is C17H25N3. The molecular weight excluding hydrogens is 246 g/mol. The van der Waals surface area contributed by atoms with Gasteiger partial charge in [-0.15, -0.1) is 0 Å². The lowest BCUT2D eigenvalue weighted by Gasteiger charge is -2.27. The molecule has 0 aliphatic rings. The van der Waals surface area contributed by atoms with E-state index in [4.69, 9.17) is 0 Å². The van der Waals surface area contributed by atoms with Crippen LogP contribution >= 0.6 is 0 Å². The molecule has 1 heterocycles. The summed E-state index contributed by atoms with van der Waals surface area (Å²) in [6.07, 6.45) is 6.39. The Morgan fingerprint density at radius 2 is 1.85 bits per heavy atom. The van der Waals surface area contributed by atoms with Crippen molar-refractivity contribution in [2.24, 2.45) is 13.0 Å². The summed E-state index contributed by atoms with van der Waals surface area (Å²) in [5.41, 5.74) is 2.62. The van der Waals surface area contributed by atoms with E-state index in [0.717, 1.165) is 6.54 Å². The lowest BCUT2D eigenvalue weighted by molar-refractivity contribution is 0.339. The van der Waals surface area contributed by atoms with Crippen LogP contribution in [-0.4, -0.2) is 9.78 Å². The minimum Gasteiger partial charge on any atom is -0.305 e. The van der Waals surface area contributed by atoms with Gasteiger partial charge < -0.3 is 5.32 Å². The van der Waals surface area contributed by atoms with Gasteiger partial charge in [-0.25, -0.2) is 0 Å². The molecule has 1 aromatic carbocycles. The SMILES string of the molecule is CCC(CC)C(NCc1cnn(C)c1)c1ccccc1. The largest absolute Gasteiger partial charge is 0.305 e. The number of nitrogens with one attached hydrogen (secondary N) is 1. The predicted molar refractivity (Wildman–Crippen MR) is 83.3 cm³/mol. The second-order valence-corrected chi connectivity index (χ2v) is 5.37. The van der Waals surface area contributed by atoms with E-state index in [0.29, 0.717) is 12.0 Å². The van der Waals surface area contributed by atoms with Crippen LogP contribution in [0.4, 0.5) is 0 Å². The maximum absolute atomic E-state index is 4.23. The number of hydrogen-bond acceptors (Lipinski definition) is 2. The third-order valence-corrected chi connectivity index (χ3v) is 3.96. The minimum absolute atomic E-state index is 0.409. The topological polar surface area (TPSA) is 29.9 Å². The fraction of sp³-hybridized carbons (Fsp3) is 0.471. The molecule has 0 aliphatic carbocycles. The zero-order valence-electron chi connectivity index (χ0n) is 12.7. The molecule has 3 nitrogen and oxygen atoms in total. The van der Waals surface area contributed by atoms with Crippen molar-refractivity contribution in [3.63, 3.8) is 0 Å². The standard InChI is InChI=1S/C17H25N3/c1-4-15(5-2)17(16-9-7-6-8-10-16)18-11-14-12-19-20(3)13-14/h6-10,12-13,15,17-18H,4-5,11H2,1-3H3. The molecule has 2 aromatic rings. The van der Waals surface area contributed by atoms with Gasteiger partial charge in [0.1, 0.15) is 0 Å². The van der Waals surface area contributed by atoms with Crippen molar-refractivity contribution in [2.75, 3.05) is 0 Å². The Bertz CT molecular complexity index is 500. The molecule has 0 fully saturated rings. The molecule has 1 atom stereocenters. The number of benzene rings is 1. The molecule has 0 saturated heterocycles. The molecule has 0 amide bonds. The summed E-state index contributed by atoms with van der Waals surface area (Å²) in [4.78, 5) is 0. The van der Waals surface area contributed by atoms with Crippen LogP contribution in [0.15, 0.2) is 42.7 Å². The van der Waals surface area contributed by atoms with E-state index in [1.165, 1.54) is 24.0 Å². The van der Waals surface area contributed by atoms with E-state index in [9.17, 15) is 0 Å². The van der Waals surface area contributed by atoms with Gasteiger partial charge in [0.25, 0.3) is 0 Å². The first-order chi connectivity index (χ1) is 9.74. The highest BCUT2D eigenvalue weighted by atomic mass is 15.2. The first-order valence-electron chi connectivity index (χ1n) is 7.50. The van der Waals surface area contributed by atoms with Gasteiger partial charge in [-0.1, -0.05) is 57.0 Å². The zero-order valence-corrected chi connectivity index (χ0v) is 12.7. The average Bonchev–Trinajstić information content (AvgIpc) is 2.90. The van der Waals surface area contributed by atoms with Gasteiger partial charge in [0.15, 0.2) is 0 Å². The van der Waals surface area contributed by atoms with Gasteiger partial charge in [-0.05, 0) is 11.5 Å². The van der Waals surface area contributed by atoms with Crippen LogP contribution in [0.2, 0.25) is 0 Å². The maximum atomic E-state index is 4.23. The second kappa shape index (κ2) is 7.25. The fourth-order valence-electron chi connectivity index (χ4n) is 2.77. The van der Waals surface area contributed by atoms with Gasteiger partial charge >= 0.3 is 0 Å². The normalized spacial score (nSPS) is 12.8. The third-order valence-electron chi connectivity index (χ3n) is 3.96. The Morgan fingerprint density at radius 3 is 2.40 bits per heavy atom. The Kier molecular flexibility index (Phi) is 5.36. The summed E-state index contributed by atoms with van der Waals surface area (Å²) in [5, 5.41) is 7.94. The molecule has 1 aromatic heterocycles. The molecule has 1 N–H and O–H groups in total. The van der Waals surface area contributed by atoms with E-state index in [-0.39, 0.29) is 0 Å². The third kappa shape index (κ3) is 3.70. The van der Waals surface area contributed by atoms with Crippen LogP contribution in [-0.2, 0) is 13.6 Å².